The molecule has 0 radical (unpaired) electrons. The van der Waals surface area contributed by atoms with Gasteiger partial charge in [-0.15, -0.1) is 0 Å². The number of allylic oxidation sites excluding steroid dienone is 1. The van der Waals surface area contributed by atoms with Crippen LogP contribution in [0.4, 0.5) is 11.5 Å². The van der Waals surface area contributed by atoms with Crippen LogP contribution in [0.1, 0.15) is 59.9 Å². The Balaban J connectivity index is 1.26. The fraction of sp³-hybridized carbons (Fsp3) is 0.279. The van der Waals surface area contributed by atoms with Gasteiger partial charge in [0.15, 0.2) is 5.82 Å². The Bertz CT molecular complexity index is 2170. The third-order valence-electron chi connectivity index (χ3n) is 10.5. The molecular weight excluding hydrogens is 719 g/mol. The molecule has 2 aliphatic heterocycles. The average molecular weight is 764 g/mol. The number of amides is 2. The fourth-order valence-electron chi connectivity index (χ4n) is 7.54. The summed E-state index contributed by atoms with van der Waals surface area (Å²) in [5.41, 5.74) is 6.19. The van der Waals surface area contributed by atoms with E-state index in [0.29, 0.717) is 72.2 Å². The molecule has 1 unspecified atom stereocenters. The van der Waals surface area contributed by atoms with Gasteiger partial charge in [0.25, 0.3) is 5.91 Å². The highest BCUT2D eigenvalue weighted by Crippen LogP contribution is 2.41. The van der Waals surface area contributed by atoms with E-state index in [1.807, 2.05) is 83.9 Å². The number of aromatic amines is 1. The van der Waals surface area contributed by atoms with Crippen molar-refractivity contribution in [3.05, 3.63) is 136 Å². The Kier molecular flexibility index (Phi) is 11.4. The average Bonchev–Trinajstić information content (AvgIpc) is 3.58. The van der Waals surface area contributed by atoms with Crippen molar-refractivity contribution in [3.8, 4) is 0 Å². The topological polar surface area (TPSA) is 93.8 Å². The molecule has 4 heterocycles. The standard InChI is InChI=1S/C43H44Cl2N6O3/c1-4-51(29(3)31-12-14-33(44)15-13-31)40(28(2)30-9-6-5-7-10-30)38-35-17-16-34(45)27-37(35)47-39(38)42(52)48-36-11-8-20-46-41(36)49-21-23-50(24-22-49)43(53)32-18-25-54-26-19-32/h4-17,20,27,29,32,47H,1,18-19,21-26H2,2-3H3,(H,48,52)/b40-28+. The van der Waals surface area contributed by atoms with E-state index >= 15 is 0 Å². The van der Waals surface area contributed by atoms with E-state index in [0.717, 1.165) is 46.1 Å². The summed E-state index contributed by atoms with van der Waals surface area (Å²) in [4.78, 5) is 42.3. The Morgan fingerprint density at radius 2 is 1.67 bits per heavy atom. The highest BCUT2D eigenvalue weighted by Gasteiger charge is 2.31. The van der Waals surface area contributed by atoms with Crippen LogP contribution in [0.25, 0.3) is 22.2 Å². The molecule has 0 aliphatic carbocycles. The maximum Gasteiger partial charge on any atom is 0.272 e. The molecule has 54 heavy (non-hydrogen) atoms. The summed E-state index contributed by atoms with van der Waals surface area (Å²) in [5, 5.41) is 5.24. The quantitative estimate of drug-likeness (QED) is 0.147. The van der Waals surface area contributed by atoms with E-state index in [2.05, 4.69) is 52.7 Å². The molecule has 2 amide bonds. The largest absolute Gasteiger partial charge is 0.381 e. The lowest BCUT2D eigenvalue weighted by molar-refractivity contribution is -0.138. The summed E-state index contributed by atoms with van der Waals surface area (Å²) >= 11 is 12.8. The lowest BCUT2D eigenvalue weighted by Gasteiger charge is -2.38. The molecule has 9 nitrogen and oxygen atoms in total. The van der Waals surface area contributed by atoms with E-state index < -0.39 is 0 Å². The van der Waals surface area contributed by atoms with E-state index in [1.165, 1.54) is 0 Å². The number of carbonyl (C=O) groups excluding carboxylic acids is 2. The number of anilines is 2. The predicted octanol–water partition coefficient (Wildman–Crippen LogP) is 9.29. The lowest BCUT2D eigenvalue weighted by Crippen LogP contribution is -2.51. The first-order chi connectivity index (χ1) is 26.2. The normalized spacial score (nSPS) is 16.1. The van der Waals surface area contributed by atoms with E-state index in [1.54, 1.807) is 6.20 Å². The minimum atomic E-state index is -0.332. The van der Waals surface area contributed by atoms with Gasteiger partial charge in [0.2, 0.25) is 5.91 Å². The summed E-state index contributed by atoms with van der Waals surface area (Å²) in [6.45, 7) is 12.1. The van der Waals surface area contributed by atoms with Crippen molar-refractivity contribution in [1.82, 2.24) is 19.8 Å². The van der Waals surface area contributed by atoms with Crippen molar-refractivity contribution in [3.63, 3.8) is 0 Å². The number of carbonyl (C=O) groups is 2. The number of pyridine rings is 1. The number of hydrogen-bond donors (Lipinski definition) is 2. The maximum absolute atomic E-state index is 14.7. The molecule has 0 saturated carbocycles. The van der Waals surface area contributed by atoms with Crippen molar-refractivity contribution >= 4 is 68.7 Å². The number of hydrogen-bond acceptors (Lipinski definition) is 6. The second-order valence-corrected chi connectivity index (χ2v) is 14.6. The number of ether oxygens (including phenoxy) is 1. The second kappa shape index (κ2) is 16.5. The highest BCUT2D eigenvalue weighted by molar-refractivity contribution is 6.31. The fourth-order valence-corrected chi connectivity index (χ4v) is 7.84. The Labute approximate surface area is 326 Å². The Hall–Kier alpha value is -5.09. The van der Waals surface area contributed by atoms with Gasteiger partial charge < -0.3 is 29.7 Å². The molecule has 11 heteroatoms. The first-order valence-electron chi connectivity index (χ1n) is 18.4. The molecule has 2 N–H and O–H groups in total. The second-order valence-electron chi connectivity index (χ2n) is 13.7. The van der Waals surface area contributed by atoms with Crippen LogP contribution in [0.5, 0.6) is 0 Å². The minimum absolute atomic E-state index is 0.0195. The molecule has 0 spiro atoms. The molecule has 278 valence electrons. The van der Waals surface area contributed by atoms with Crippen molar-refractivity contribution < 1.29 is 14.3 Å². The van der Waals surface area contributed by atoms with E-state index in [4.69, 9.17) is 32.9 Å². The molecule has 5 aromatic rings. The summed E-state index contributed by atoms with van der Waals surface area (Å²) in [6.07, 6.45) is 5.07. The van der Waals surface area contributed by atoms with Crippen molar-refractivity contribution in [1.29, 1.82) is 0 Å². The number of piperazine rings is 1. The van der Waals surface area contributed by atoms with Crippen LogP contribution in [0.15, 0.2) is 104 Å². The Morgan fingerprint density at radius 1 is 0.963 bits per heavy atom. The number of nitrogens with zero attached hydrogens (tertiary/aromatic N) is 4. The van der Waals surface area contributed by atoms with Gasteiger partial charge in [-0.25, -0.2) is 4.98 Å². The summed E-state index contributed by atoms with van der Waals surface area (Å²) < 4.78 is 5.47. The van der Waals surface area contributed by atoms with Crippen LogP contribution >= 0.6 is 23.2 Å². The predicted molar refractivity (Wildman–Crippen MR) is 219 cm³/mol. The number of H-pyrrole nitrogens is 1. The SMILES string of the molecule is C=CN(/C(=C(\C)c1ccccc1)c1c(C(=O)Nc2cccnc2N2CCN(C(=O)C3CCOCC3)CC2)[nH]c2cc(Cl)ccc12)C(C)c1ccc(Cl)cc1. The van der Waals surface area contributed by atoms with Crippen molar-refractivity contribution in [2.45, 2.75) is 32.7 Å². The van der Waals surface area contributed by atoms with Crippen LogP contribution in [0.3, 0.4) is 0 Å². The van der Waals surface area contributed by atoms with Crippen molar-refractivity contribution in [2.75, 3.05) is 49.6 Å². The van der Waals surface area contributed by atoms with E-state index in [-0.39, 0.29) is 23.8 Å². The number of halogens is 2. The number of aromatic nitrogens is 2. The maximum atomic E-state index is 14.7. The Morgan fingerprint density at radius 3 is 2.37 bits per heavy atom. The summed E-state index contributed by atoms with van der Waals surface area (Å²) in [7, 11) is 0. The first-order valence-corrected chi connectivity index (χ1v) is 19.1. The highest BCUT2D eigenvalue weighted by atomic mass is 35.5. The van der Waals surface area contributed by atoms with Gasteiger partial charge in [0.1, 0.15) is 5.69 Å². The van der Waals surface area contributed by atoms with Crippen LogP contribution < -0.4 is 10.2 Å². The summed E-state index contributed by atoms with van der Waals surface area (Å²) in [6, 6.07) is 27.0. The first kappa shape index (κ1) is 37.2. The number of fused-ring (bicyclic) bond motifs is 1. The number of benzene rings is 3. The molecule has 1 atom stereocenters. The van der Waals surface area contributed by atoms with Gasteiger partial charge in [-0.3, -0.25) is 9.59 Å². The van der Waals surface area contributed by atoms with Gasteiger partial charge in [-0.2, -0.15) is 0 Å². The number of nitrogens with one attached hydrogen (secondary N) is 2. The molecule has 2 fully saturated rings. The molecule has 2 aliphatic rings. The zero-order valence-corrected chi connectivity index (χ0v) is 32.0. The zero-order valence-electron chi connectivity index (χ0n) is 30.5. The number of rotatable bonds is 10. The van der Waals surface area contributed by atoms with Crippen molar-refractivity contribution in [2.24, 2.45) is 5.92 Å². The van der Waals surface area contributed by atoms with Crippen LogP contribution in [0.2, 0.25) is 10.0 Å². The molecule has 2 saturated heterocycles. The summed E-state index contributed by atoms with van der Waals surface area (Å²) in [5.74, 6) is 0.546. The monoisotopic (exact) mass is 762 g/mol. The molecule has 3 aromatic carbocycles. The van der Waals surface area contributed by atoms with Gasteiger partial charge in [-0.05, 0) is 86.0 Å². The molecular formula is C43H44Cl2N6O3. The zero-order chi connectivity index (χ0) is 37.8. The van der Waals surface area contributed by atoms with E-state index in [9.17, 15) is 9.59 Å². The van der Waals surface area contributed by atoms with Gasteiger partial charge in [0.05, 0.1) is 17.4 Å². The van der Waals surface area contributed by atoms with Crippen LogP contribution in [-0.4, -0.2) is 71.0 Å². The van der Waals surface area contributed by atoms with Gasteiger partial charge in [-0.1, -0.05) is 78.3 Å². The smallest absolute Gasteiger partial charge is 0.272 e. The minimum Gasteiger partial charge on any atom is -0.381 e. The molecule has 2 aromatic heterocycles. The third kappa shape index (κ3) is 7.76. The molecule has 0 bridgehead atoms. The van der Waals surface area contributed by atoms with Crippen LogP contribution in [-0.2, 0) is 9.53 Å². The van der Waals surface area contributed by atoms with Gasteiger partial charge in [0, 0.05) is 78.0 Å². The van der Waals surface area contributed by atoms with Crippen LogP contribution in [0, 0.1) is 5.92 Å². The van der Waals surface area contributed by atoms with Gasteiger partial charge >= 0.3 is 0 Å². The third-order valence-corrected chi connectivity index (χ3v) is 11.0. The molecule has 7 rings (SSSR count). The lowest BCUT2D eigenvalue weighted by atomic mass is 9.95.